The quantitative estimate of drug-likeness (QED) is 0.147. The van der Waals surface area contributed by atoms with Gasteiger partial charge in [-0.25, -0.2) is 9.37 Å². The molecule has 274 valence electrons. The average Bonchev–Trinajstić information content (AvgIpc) is 3.58. The molecule has 1 amide bonds. The Morgan fingerprint density at radius 1 is 1.26 bits per heavy atom. The van der Waals surface area contributed by atoms with Crippen LogP contribution in [0.4, 0.5) is 4.39 Å². The number of rotatable bonds is 10. The van der Waals surface area contributed by atoms with Gasteiger partial charge in [0.2, 0.25) is 5.91 Å². The van der Waals surface area contributed by atoms with Gasteiger partial charge in [0.05, 0.1) is 66.6 Å². The molecule has 0 spiro atoms. The van der Waals surface area contributed by atoms with Crippen LogP contribution in [0.15, 0.2) is 36.4 Å². The standard InChI is InChI=1S/C40H39Cl2FN6O3S/c1-19-11-24(47-53-19)18-52-25-14-31(48(17-25)40(51)21-8-9-21)32-15-28-36(20(2)50)46-37-27(39(28)49(32)38-23-13-30(38)45-16-23)12-22(5-4-10-44)33(35(37)43)26-6-3-7-29(41)34(26)42/h3,6-7,11-12,15,20-21,23,25,30-31,38,45,50H,4-5,8-9,13-14,16-18H2,1-2H3/i18D2. The molecule has 6 unspecified atom stereocenters. The fraction of sp³-hybridized carbons (Fsp3) is 0.450. The predicted molar refractivity (Wildman–Crippen MR) is 203 cm³/mol. The number of aliphatic hydroxyl groups excluding tert-OH is 1. The summed E-state index contributed by atoms with van der Waals surface area (Å²) in [6.07, 6.45) is 1.60. The van der Waals surface area contributed by atoms with Crippen molar-refractivity contribution >= 4 is 62.4 Å². The van der Waals surface area contributed by atoms with Crippen LogP contribution in [0.2, 0.25) is 10.0 Å². The van der Waals surface area contributed by atoms with Crippen LogP contribution in [0, 0.1) is 35.9 Å². The number of hydrogen-bond acceptors (Lipinski definition) is 8. The smallest absolute Gasteiger partial charge is 0.226 e. The molecule has 2 aromatic carbocycles. The number of fused-ring (bicyclic) bond motifs is 4. The van der Waals surface area contributed by atoms with Gasteiger partial charge in [-0.1, -0.05) is 35.3 Å². The van der Waals surface area contributed by atoms with Crippen LogP contribution in [-0.2, 0) is 22.5 Å². The molecule has 3 aromatic heterocycles. The molecule has 6 heterocycles. The van der Waals surface area contributed by atoms with E-state index in [0.717, 1.165) is 36.4 Å². The number of halogens is 3. The van der Waals surface area contributed by atoms with Crippen LogP contribution in [0.1, 0.15) is 87.5 Å². The summed E-state index contributed by atoms with van der Waals surface area (Å²) in [5, 5.41) is 26.2. The molecule has 53 heavy (non-hydrogen) atoms. The van der Waals surface area contributed by atoms with Crippen molar-refractivity contribution in [2.45, 2.75) is 89.3 Å². The van der Waals surface area contributed by atoms with Crippen molar-refractivity contribution in [2.24, 2.45) is 11.8 Å². The topological polar surface area (TPSA) is 116 Å². The molecule has 9 nitrogen and oxygen atoms in total. The molecule has 5 aromatic rings. The van der Waals surface area contributed by atoms with Gasteiger partial charge in [-0.3, -0.25) is 4.79 Å². The lowest BCUT2D eigenvalue weighted by atomic mass is 9.79. The molecule has 6 atom stereocenters. The summed E-state index contributed by atoms with van der Waals surface area (Å²) in [5.41, 5.74) is 3.27. The summed E-state index contributed by atoms with van der Waals surface area (Å²) in [4.78, 5) is 21.6. The maximum absolute atomic E-state index is 17.4. The largest absolute Gasteiger partial charge is 0.387 e. The van der Waals surface area contributed by atoms with Gasteiger partial charge in [0, 0.05) is 70.4 Å². The van der Waals surface area contributed by atoms with E-state index in [2.05, 4.69) is 20.3 Å². The third-order valence-corrected chi connectivity index (χ3v) is 13.0. The Morgan fingerprint density at radius 3 is 2.77 bits per heavy atom. The monoisotopic (exact) mass is 774 g/mol. The fourth-order valence-corrected chi connectivity index (χ4v) is 9.71. The zero-order chi connectivity index (χ0) is 38.5. The summed E-state index contributed by atoms with van der Waals surface area (Å²) in [6, 6.07) is 12.5. The van der Waals surface area contributed by atoms with E-state index in [1.807, 2.05) is 24.0 Å². The van der Waals surface area contributed by atoms with Crippen molar-refractivity contribution in [2.75, 3.05) is 13.1 Å². The molecule has 5 fully saturated rings. The number of nitrogens with one attached hydrogen (secondary N) is 1. The average molecular weight is 776 g/mol. The summed E-state index contributed by atoms with van der Waals surface area (Å²) in [6.45, 7) is 2.33. The first-order valence-electron chi connectivity index (χ1n) is 19.2. The molecule has 2 bridgehead atoms. The second-order valence-corrected chi connectivity index (χ2v) is 16.7. The van der Waals surface area contributed by atoms with E-state index in [9.17, 15) is 15.2 Å². The highest BCUT2D eigenvalue weighted by Crippen LogP contribution is 2.52. The first-order valence-corrected chi connectivity index (χ1v) is 19.7. The first kappa shape index (κ1) is 32.8. The van der Waals surface area contributed by atoms with Crippen LogP contribution in [0.3, 0.4) is 0 Å². The van der Waals surface area contributed by atoms with E-state index in [1.54, 1.807) is 31.2 Å². The second-order valence-electron chi connectivity index (χ2n) is 14.9. The number of amides is 1. The van der Waals surface area contributed by atoms with Gasteiger partial charge in [-0.05, 0) is 86.8 Å². The van der Waals surface area contributed by atoms with Crippen molar-refractivity contribution in [3.63, 3.8) is 0 Å². The summed E-state index contributed by atoms with van der Waals surface area (Å²) >= 11 is 14.3. The molecule has 3 aliphatic heterocycles. The van der Waals surface area contributed by atoms with Crippen LogP contribution >= 0.6 is 34.7 Å². The lowest BCUT2D eigenvalue weighted by Gasteiger charge is -2.39. The van der Waals surface area contributed by atoms with Crippen LogP contribution in [0.5, 0.6) is 0 Å². The van der Waals surface area contributed by atoms with Crippen LogP contribution < -0.4 is 5.32 Å². The van der Waals surface area contributed by atoms with Crippen molar-refractivity contribution in [1.82, 2.24) is 24.1 Å². The third kappa shape index (κ3) is 5.94. The highest BCUT2D eigenvalue weighted by atomic mass is 35.5. The predicted octanol–water partition coefficient (Wildman–Crippen LogP) is 8.38. The Labute approximate surface area is 323 Å². The third-order valence-electron chi connectivity index (χ3n) is 11.4. The van der Waals surface area contributed by atoms with Gasteiger partial charge >= 0.3 is 0 Å². The van der Waals surface area contributed by atoms with E-state index in [-0.39, 0.29) is 76.0 Å². The van der Waals surface area contributed by atoms with Crippen molar-refractivity contribution in [3.8, 4) is 17.2 Å². The number of aryl methyl sites for hydroxylation is 2. The molecule has 13 heteroatoms. The summed E-state index contributed by atoms with van der Waals surface area (Å²) < 4.78 is 47.7. The highest BCUT2D eigenvalue weighted by molar-refractivity contribution is 7.05. The lowest BCUT2D eigenvalue weighted by molar-refractivity contribution is -0.134. The molecular formula is C40H39Cl2FN6O3S. The van der Waals surface area contributed by atoms with Crippen molar-refractivity contribution in [1.29, 1.82) is 5.26 Å². The van der Waals surface area contributed by atoms with E-state index in [4.69, 9.17) is 35.7 Å². The molecule has 2 aliphatic carbocycles. The Kier molecular flexibility index (Phi) is 8.40. The van der Waals surface area contributed by atoms with Gasteiger partial charge < -0.3 is 24.6 Å². The maximum Gasteiger partial charge on any atom is 0.226 e. The number of hydrogen-bond donors (Lipinski definition) is 2. The molecule has 2 saturated carbocycles. The van der Waals surface area contributed by atoms with Gasteiger partial charge in [0.15, 0.2) is 5.82 Å². The number of nitrogens with zero attached hydrogens (tertiary/aromatic N) is 5. The zero-order valence-electron chi connectivity index (χ0n) is 31.2. The van der Waals surface area contributed by atoms with E-state index in [1.165, 1.54) is 11.5 Å². The molecular weight excluding hydrogens is 734 g/mol. The number of aromatic nitrogens is 3. The van der Waals surface area contributed by atoms with Gasteiger partial charge in [-0.2, -0.15) is 9.64 Å². The Bertz CT molecular complexity index is 2420. The number of ether oxygens (including phenoxy) is 1. The minimum absolute atomic E-state index is 0.0132. The van der Waals surface area contributed by atoms with E-state index < -0.39 is 30.6 Å². The lowest BCUT2D eigenvalue weighted by Crippen LogP contribution is -2.41. The van der Waals surface area contributed by atoms with E-state index >= 15 is 4.39 Å². The summed E-state index contributed by atoms with van der Waals surface area (Å²) in [7, 11) is 0. The van der Waals surface area contributed by atoms with Gasteiger partial charge in [-0.15, -0.1) is 0 Å². The number of nitriles is 1. The van der Waals surface area contributed by atoms with Gasteiger partial charge in [0.25, 0.3) is 0 Å². The fourth-order valence-electron chi connectivity index (χ4n) is 8.82. The molecule has 2 N–H and O–H groups in total. The number of carbonyl (C=O) groups excluding carboxylic acids is 1. The molecule has 3 saturated heterocycles. The number of carbonyl (C=O) groups is 1. The molecule has 10 rings (SSSR count). The molecule has 5 aliphatic rings. The second kappa shape index (κ2) is 13.6. The van der Waals surface area contributed by atoms with Gasteiger partial charge in [0.1, 0.15) is 5.52 Å². The Hall–Kier alpha value is -3.63. The Balaban J connectivity index is 1.27. The summed E-state index contributed by atoms with van der Waals surface area (Å²) in [5.74, 6) is -0.420. The zero-order valence-corrected chi connectivity index (χ0v) is 31.5. The van der Waals surface area contributed by atoms with Crippen molar-refractivity contribution < 1.29 is 21.8 Å². The SMILES string of the molecule is [2H]C([2H])(OC1CC(c2cc3c(C(C)O)nc4c(F)c(-c5cccc(Cl)c5Cl)c(CCC#N)cc4c3n2C2C3CNC2C3)N(C(=O)C2CC2)C1)c1cc(C)sn1. The van der Waals surface area contributed by atoms with Crippen LogP contribution in [0.25, 0.3) is 32.9 Å². The number of aliphatic hydroxyl groups is 1. The Morgan fingerprint density at radius 2 is 2.09 bits per heavy atom. The maximum atomic E-state index is 17.4. The number of likely N-dealkylation sites (tertiary alicyclic amines) is 1. The number of benzene rings is 2. The normalized spacial score (nSPS) is 25.1. The minimum atomic E-state index is -2.16. The van der Waals surface area contributed by atoms with E-state index in [0.29, 0.717) is 39.5 Å². The number of pyridine rings is 1. The first-order chi connectivity index (χ1) is 26.4. The van der Waals surface area contributed by atoms with Crippen LogP contribution in [-0.4, -0.2) is 55.1 Å². The van der Waals surface area contributed by atoms with Crippen molar-refractivity contribution in [3.05, 3.63) is 79.8 Å². The highest BCUT2D eigenvalue weighted by Gasteiger charge is 2.51. The minimum Gasteiger partial charge on any atom is -0.387 e. The molecule has 0 radical (unpaired) electrons.